The maximum Gasteiger partial charge on any atom is 0.358 e. The fourth-order valence-corrected chi connectivity index (χ4v) is 2.54. The summed E-state index contributed by atoms with van der Waals surface area (Å²) in [5, 5.41) is 0.884. The summed E-state index contributed by atoms with van der Waals surface area (Å²) in [7, 11) is 1.35. The third-order valence-electron chi connectivity index (χ3n) is 1.07. The van der Waals surface area contributed by atoms with Crippen LogP contribution in [0.3, 0.4) is 0 Å². The molecule has 1 heterocycles. The van der Waals surface area contributed by atoms with Crippen molar-refractivity contribution < 1.29 is 9.53 Å². The van der Waals surface area contributed by atoms with E-state index in [1.54, 1.807) is 0 Å². The molecular weight excluding hydrogens is 277 g/mol. The molecule has 0 aliphatic carbocycles. The van der Waals surface area contributed by atoms with E-state index in [4.69, 9.17) is 0 Å². The monoisotopic (exact) mass is 283 g/mol. The molecule has 0 saturated heterocycles. The Balaban J connectivity index is 3.03. The smallest absolute Gasteiger partial charge is 0.358 e. The minimum Gasteiger partial charge on any atom is -0.464 e. The van der Waals surface area contributed by atoms with Gasteiger partial charge >= 0.3 is 5.97 Å². The van der Waals surface area contributed by atoms with E-state index in [-0.39, 0.29) is 5.97 Å². The van der Waals surface area contributed by atoms with E-state index in [1.165, 1.54) is 18.4 Å². The van der Waals surface area contributed by atoms with Crippen LogP contribution in [0.25, 0.3) is 0 Å². The molecule has 5 heteroatoms. The number of hydrogen-bond acceptors (Lipinski definition) is 4. The summed E-state index contributed by atoms with van der Waals surface area (Å²) >= 11 is 3.56. The highest BCUT2D eigenvalue weighted by Crippen LogP contribution is 2.20. The molecule has 0 saturated carbocycles. The Bertz CT molecular complexity index is 284. The number of ether oxygens (including phenoxy) is 1. The highest BCUT2D eigenvalue weighted by atomic mass is 127. The van der Waals surface area contributed by atoms with E-state index < -0.39 is 0 Å². The van der Waals surface area contributed by atoms with E-state index in [0.29, 0.717) is 5.69 Å². The van der Waals surface area contributed by atoms with Gasteiger partial charge in [-0.15, -0.1) is 11.3 Å². The van der Waals surface area contributed by atoms with Crippen molar-refractivity contribution in [3.8, 4) is 0 Å². The van der Waals surface area contributed by atoms with Gasteiger partial charge in [0, 0.05) is 0 Å². The lowest BCUT2D eigenvalue weighted by atomic mass is 10.5. The summed E-state index contributed by atoms with van der Waals surface area (Å²) in [6.07, 6.45) is 0. The van der Waals surface area contributed by atoms with Crippen LogP contribution >= 0.6 is 33.9 Å². The first kappa shape index (κ1) is 8.92. The first-order valence-electron chi connectivity index (χ1n) is 2.86. The predicted octanol–water partition coefficient (Wildman–Crippen LogP) is 1.84. The van der Waals surface area contributed by atoms with Crippen molar-refractivity contribution in [1.29, 1.82) is 0 Å². The van der Waals surface area contributed by atoms with Crippen LogP contribution in [0.1, 0.15) is 15.5 Å². The second kappa shape index (κ2) is 3.48. The van der Waals surface area contributed by atoms with Gasteiger partial charge in [0.05, 0.1) is 12.1 Å². The molecular formula is C6H6INO2S. The number of thiazole rings is 1. The molecule has 0 aromatic carbocycles. The van der Waals surface area contributed by atoms with Crippen LogP contribution in [0.15, 0.2) is 0 Å². The molecule has 0 N–H and O–H groups in total. The second-order valence-electron chi connectivity index (χ2n) is 1.85. The number of esters is 1. The van der Waals surface area contributed by atoms with Gasteiger partial charge in [0.2, 0.25) is 0 Å². The molecule has 0 fully saturated rings. The van der Waals surface area contributed by atoms with Crippen LogP contribution in [0.5, 0.6) is 0 Å². The van der Waals surface area contributed by atoms with Gasteiger partial charge in [-0.05, 0) is 29.5 Å². The van der Waals surface area contributed by atoms with Gasteiger partial charge in [-0.3, -0.25) is 0 Å². The maximum atomic E-state index is 11.0. The number of nitrogens with zero attached hydrogens (tertiary/aromatic N) is 1. The van der Waals surface area contributed by atoms with Crippen molar-refractivity contribution in [3.63, 3.8) is 0 Å². The first-order valence-corrected chi connectivity index (χ1v) is 4.76. The molecule has 0 aliphatic rings. The van der Waals surface area contributed by atoms with Gasteiger partial charge < -0.3 is 4.74 Å². The van der Waals surface area contributed by atoms with Crippen molar-refractivity contribution in [2.24, 2.45) is 0 Å². The zero-order valence-electron chi connectivity index (χ0n) is 6.05. The lowest BCUT2D eigenvalue weighted by molar-refractivity contribution is 0.0593. The summed E-state index contributed by atoms with van der Waals surface area (Å²) < 4.78 is 5.41. The largest absolute Gasteiger partial charge is 0.464 e. The number of hydrogen-bond donors (Lipinski definition) is 0. The molecule has 1 rings (SSSR count). The average Bonchev–Trinajstić information content (AvgIpc) is 2.28. The van der Waals surface area contributed by atoms with Crippen molar-refractivity contribution in [1.82, 2.24) is 4.98 Å². The Hall–Kier alpha value is -0.170. The van der Waals surface area contributed by atoms with Gasteiger partial charge in [-0.25, -0.2) is 9.78 Å². The summed E-state index contributed by atoms with van der Waals surface area (Å²) in [6.45, 7) is 1.86. The van der Waals surface area contributed by atoms with E-state index >= 15 is 0 Å². The number of rotatable bonds is 1. The molecule has 11 heavy (non-hydrogen) atoms. The third kappa shape index (κ3) is 1.90. The standard InChI is InChI=1S/C6H6INO2S/c1-3-8-4(5(7)11-3)6(9)10-2/h1-2H3. The summed E-state index contributed by atoms with van der Waals surface area (Å²) in [5.41, 5.74) is 0.426. The van der Waals surface area contributed by atoms with Gasteiger partial charge in [-0.1, -0.05) is 0 Å². The van der Waals surface area contributed by atoms with Crippen LogP contribution in [0, 0.1) is 9.81 Å². The minimum absolute atomic E-state index is 0.362. The molecule has 0 aliphatic heterocycles. The van der Waals surface area contributed by atoms with Crippen molar-refractivity contribution >= 4 is 39.9 Å². The average molecular weight is 283 g/mol. The van der Waals surface area contributed by atoms with Crippen molar-refractivity contribution in [3.05, 3.63) is 13.6 Å². The van der Waals surface area contributed by atoms with E-state index in [1.807, 2.05) is 6.92 Å². The Kier molecular flexibility index (Phi) is 2.83. The molecule has 3 nitrogen and oxygen atoms in total. The lowest BCUT2D eigenvalue weighted by Gasteiger charge is -1.92. The summed E-state index contributed by atoms with van der Waals surface area (Å²) in [4.78, 5) is 15.0. The fraction of sp³-hybridized carbons (Fsp3) is 0.333. The van der Waals surface area contributed by atoms with Gasteiger partial charge in [0.25, 0.3) is 0 Å². The van der Waals surface area contributed by atoms with Crippen molar-refractivity contribution in [2.45, 2.75) is 6.92 Å². The molecule has 0 radical (unpaired) electrons. The molecule has 1 aromatic heterocycles. The number of aromatic nitrogens is 1. The topological polar surface area (TPSA) is 39.2 Å². The van der Waals surface area contributed by atoms with Crippen LogP contribution < -0.4 is 0 Å². The lowest BCUT2D eigenvalue weighted by Crippen LogP contribution is -2.03. The number of aryl methyl sites for hydroxylation is 1. The van der Waals surface area contributed by atoms with Crippen LogP contribution in [0.2, 0.25) is 0 Å². The third-order valence-corrected chi connectivity index (χ3v) is 3.00. The second-order valence-corrected chi connectivity index (χ2v) is 4.86. The normalized spacial score (nSPS) is 9.73. The molecule has 0 spiro atoms. The molecule has 0 unspecified atom stereocenters. The van der Waals surface area contributed by atoms with E-state index in [0.717, 1.165) is 7.89 Å². The first-order chi connectivity index (χ1) is 5.15. The van der Waals surface area contributed by atoms with Crippen molar-refractivity contribution in [2.75, 3.05) is 7.11 Å². The quantitative estimate of drug-likeness (QED) is 0.583. The van der Waals surface area contributed by atoms with Gasteiger partial charge in [-0.2, -0.15) is 0 Å². The van der Waals surface area contributed by atoms with Crippen LogP contribution in [-0.2, 0) is 4.74 Å². The molecule has 60 valence electrons. The molecule has 0 amide bonds. The van der Waals surface area contributed by atoms with Crippen LogP contribution in [-0.4, -0.2) is 18.1 Å². The van der Waals surface area contributed by atoms with E-state index in [9.17, 15) is 4.79 Å². The number of halogens is 1. The molecule has 0 atom stereocenters. The number of carbonyl (C=O) groups excluding carboxylic acids is 1. The maximum absolute atomic E-state index is 11.0. The Morgan fingerprint density at radius 1 is 1.73 bits per heavy atom. The fourth-order valence-electron chi connectivity index (χ4n) is 0.625. The minimum atomic E-state index is -0.362. The number of methoxy groups -OCH3 is 1. The SMILES string of the molecule is COC(=O)c1nc(C)sc1I. The Morgan fingerprint density at radius 2 is 2.36 bits per heavy atom. The van der Waals surface area contributed by atoms with E-state index in [2.05, 4.69) is 32.3 Å². The summed E-state index contributed by atoms with van der Waals surface area (Å²) in [6, 6.07) is 0. The molecule has 1 aromatic rings. The highest BCUT2D eigenvalue weighted by molar-refractivity contribution is 14.1. The Labute approximate surface area is 81.9 Å². The van der Waals surface area contributed by atoms with Crippen LogP contribution in [0.4, 0.5) is 0 Å². The number of carbonyl (C=O) groups is 1. The zero-order chi connectivity index (χ0) is 8.43. The van der Waals surface area contributed by atoms with Gasteiger partial charge in [0.1, 0.15) is 2.88 Å². The Morgan fingerprint density at radius 3 is 2.73 bits per heavy atom. The summed E-state index contributed by atoms with van der Waals surface area (Å²) in [5.74, 6) is -0.362. The molecule has 0 bridgehead atoms. The zero-order valence-corrected chi connectivity index (χ0v) is 9.02. The van der Waals surface area contributed by atoms with Gasteiger partial charge in [0.15, 0.2) is 5.69 Å². The predicted molar refractivity (Wildman–Crippen MR) is 50.9 cm³/mol. The highest BCUT2D eigenvalue weighted by Gasteiger charge is 2.14.